The Morgan fingerprint density at radius 3 is 2.36 bits per heavy atom. The van der Waals surface area contributed by atoms with E-state index in [1.807, 2.05) is 0 Å². The highest BCUT2D eigenvalue weighted by Crippen LogP contribution is 2.13. The molecule has 0 spiro atoms. The van der Waals surface area contributed by atoms with E-state index >= 15 is 0 Å². The standard InChI is InChI=1S/C6H13NO4/c8-2-3-1-7-6(11)5(10)4(3)9/h3-11H,1-2H2/t3-,4+,5-,6?/m0/s1. The Morgan fingerprint density at radius 2 is 1.82 bits per heavy atom. The minimum Gasteiger partial charge on any atom is -0.396 e. The van der Waals surface area contributed by atoms with Gasteiger partial charge in [-0.2, -0.15) is 0 Å². The Hall–Kier alpha value is -0.200. The van der Waals surface area contributed by atoms with Gasteiger partial charge in [0.2, 0.25) is 0 Å². The highest BCUT2D eigenvalue weighted by atomic mass is 16.4. The monoisotopic (exact) mass is 163 g/mol. The van der Waals surface area contributed by atoms with E-state index in [0.717, 1.165) is 0 Å². The number of hydrogen-bond acceptors (Lipinski definition) is 5. The smallest absolute Gasteiger partial charge is 0.133 e. The zero-order valence-corrected chi connectivity index (χ0v) is 6.01. The number of aliphatic hydroxyl groups is 4. The summed E-state index contributed by atoms with van der Waals surface area (Å²) in [5.41, 5.74) is 0. The predicted octanol–water partition coefficient (Wildman–Crippen LogP) is -2.76. The van der Waals surface area contributed by atoms with Crippen LogP contribution in [0.15, 0.2) is 0 Å². The molecule has 0 saturated carbocycles. The molecular weight excluding hydrogens is 150 g/mol. The van der Waals surface area contributed by atoms with Crippen molar-refractivity contribution in [2.24, 2.45) is 5.92 Å². The van der Waals surface area contributed by atoms with Crippen LogP contribution in [-0.2, 0) is 0 Å². The summed E-state index contributed by atoms with van der Waals surface area (Å²) in [6.45, 7) is 0.119. The Balaban J connectivity index is 2.52. The molecule has 11 heavy (non-hydrogen) atoms. The first-order chi connectivity index (χ1) is 5.16. The van der Waals surface area contributed by atoms with Crippen LogP contribution in [0.3, 0.4) is 0 Å². The zero-order valence-electron chi connectivity index (χ0n) is 6.01. The van der Waals surface area contributed by atoms with Crippen LogP contribution in [0.2, 0.25) is 0 Å². The van der Waals surface area contributed by atoms with Gasteiger partial charge in [0.15, 0.2) is 0 Å². The van der Waals surface area contributed by atoms with E-state index < -0.39 is 24.4 Å². The lowest BCUT2D eigenvalue weighted by Crippen LogP contribution is -2.57. The van der Waals surface area contributed by atoms with Crippen LogP contribution in [0.1, 0.15) is 0 Å². The molecule has 66 valence electrons. The van der Waals surface area contributed by atoms with Gasteiger partial charge in [-0.05, 0) is 0 Å². The summed E-state index contributed by atoms with van der Waals surface area (Å²) in [6.07, 6.45) is -3.34. The van der Waals surface area contributed by atoms with E-state index in [0.29, 0.717) is 6.54 Å². The van der Waals surface area contributed by atoms with Gasteiger partial charge in [-0.25, -0.2) is 0 Å². The van der Waals surface area contributed by atoms with Gasteiger partial charge in [0.25, 0.3) is 0 Å². The number of nitrogens with one attached hydrogen (secondary N) is 1. The van der Waals surface area contributed by atoms with Crippen LogP contribution in [0, 0.1) is 5.92 Å². The van der Waals surface area contributed by atoms with Gasteiger partial charge in [-0.3, -0.25) is 5.32 Å². The van der Waals surface area contributed by atoms with Crippen molar-refractivity contribution in [3.63, 3.8) is 0 Å². The summed E-state index contributed by atoms with van der Waals surface area (Å²) in [7, 11) is 0. The molecule has 0 aliphatic carbocycles. The third-order valence-corrected chi connectivity index (χ3v) is 1.98. The van der Waals surface area contributed by atoms with Crippen LogP contribution in [0.4, 0.5) is 0 Å². The first kappa shape index (κ1) is 8.89. The van der Waals surface area contributed by atoms with Crippen LogP contribution >= 0.6 is 0 Å². The number of piperidine rings is 1. The second-order valence-corrected chi connectivity index (χ2v) is 2.78. The maximum Gasteiger partial charge on any atom is 0.133 e. The van der Waals surface area contributed by atoms with Crippen molar-refractivity contribution in [3.8, 4) is 0 Å². The van der Waals surface area contributed by atoms with Gasteiger partial charge in [-0.15, -0.1) is 0 Å². The zero-order chi connectivity index (χ0) is 8.43. The SMILES string of the molecule is OC[C@@H]1CNC(O)[C@@H](O)[C@@H]1O. The molecule has 1 saturated heterocycles. The predicted molar refractivity (Wildman–Crippen MR) is 36.6 cm³/mol. The average molecular weight is 163 g/mol. The molecule has 0 amide bonds. The number of aliphatic hydroxyl groups excluding tert-OH is 4. The van der Waals surface area contributed by atoms with E-state index in [9.17, 15) is 5.11 Å². The van der Waals surface area contributed by atoms with E-state index in [4.69, 9.17) is 15.3 Å². The van der Waals surface area contributed by atoms with E-state index in [-0.39, 0.29) is 6.61 Å². The van der Waals surface area contributed by atoms with Crippen molar-refractivity contribution >= 4 is 0 Å². The summed E-state index contributed by atoms with van der Waals surface area (Å²) in [5.74, 6) is -0.395. The lowest BCUT2D eigenvalue weighted by atomic mass is 9.94. The summed E-state index contributed by atoms with van der Waals surface area (Å²) < 4.78 is 0. The molecule has 0 radical (unpaired) electrons. The normalized spacial score (nSPS) is 45.8. The molecule has 1 unspecified atom stereocenters. The maximum atomic E-state index is 9.20. The molecule has 0 aromatic carbocycles. The molecule has 0 bridgehead atoms. The summed E-state index contributed by atoms with van der Waals surface area (Å²) >= 11 is 0. The van der Waals surface area contributed by atoms with Crippen LogP contribution < -0.4 is 5.32 Å². The van der Waals surface area contributed by atoms with Crippen LogP contribution in [0.25, 0.3) is 0 Å². The highest BCUT2D eigenvalue weighted by Gasteiger charge is 2.35. The maximum absolute atomic E-state index is 9.20. The molecule has 1 aliphatic heterocycles. The van der Waals surface area contributed by atoms with Gasteiger partial charge in [-0.1, -0.05) is 0 Å². The molecule has 0 aromatic rings. The van der Waals surface area contributed by atoms with Gasteiger partial charge in [0.1, 0.15) is 12.3 Å². The Morgan fingerprint density at radius 1 is 1.18 bits per heavy atom. The topological polar surface area (TPSA) is 93.0 Å². The molecule has 5 N–H and O–H groups in total. The van der Waals surface area contributed by atoms with Crippen LogP contribution in [-0.4, -0.2) is 52.0 Å². The van der Waals surface area contributed by atoms with Crippen molar-refractivity contribution in [2.45, 2.75) is 18.4 Å². The molecule has 1 aliphatic rings. The van der Waals surface area contributed by atoms with E-state index in [2.05, 4.69) is 5.32 Å². The molecule has 5 nitrogen and oxygen atoms in total. The third-order valence-electron chi connectivity index (χ3n) is 1.98. The summed E-state index contributed by atoms with van der Waals surface area (Å²) in [6, 6.07) is 0. The largest absolute Gasteiger partial charge is 0.396 e. The van der Waals surface area contributed by atoms with Gasteiger partial charge in [0, 0.05) is 19.1 Å². The van der Waals surface area contributed by atoms with E-state index in [1.165, 1.54) is 0 Å². The lowest BCUT2D eigenvalue weighted by Gasteiger charge is -2.34. The third kappa shape index (κ3) is 1.69. The van der Waals surface area contributed by atoms with Crippen molar-refractivity contribution in [1.82, 2.24) is 5.32 Å². The fourth-order valence-electron chi connectivity index (χ4n) is 1.15. The molecule has 5 heteroatoms. The Labute approximate surface area is 64.3 Å². The first-order valence-corrected chi connectivity index (χ1v) is 3.55. The molecule has 1 rings (SSSR count). The fourth-order valence-corrected chi connectivity index (χ4v) is 1.15. The van der Waals surface area contributed by atoms with Crippen molar-refractivity contribution in [1.29, 1.82) is 0 Å². The number of hydrogen-bond donors (Lipinski definition) is 5. The Bertz CT molecular complexity index is 130. The fraction of sp³-hybridized carbons (Fsp3) is 1.00. The lowest BCUT2D eigenvalue weighted by molar-refractivity contribution is -0.124. The van der Waals surface area contributed by atoms with Crippen LogP contribution in [0.5, 0.6) is 0 Å². The minimum atomic E-state index is -1.21. The van der Waals surface area contributed by atoms with Gasteiger partial charge < -0.3 is 20.4 Å². The molecule has 0 aromatic heterocycles. The summed E-state index contributed by atoms with van der Waals surface area (Å²) in [5, 5.41) is 38.5. The first-order valence-electron chi connectivity index (χ1n) is 3.55. The van der Waals surface area contributed by atoms with Crippen molar-refractivity contribution in [3.05, 3.63) is 0 Å². The number of rotatable bonds is 1. The van der Waals surface area contributed by atoms with Gasteiger partial charge in [0.05, 0.1) is 6.10 Å². The highest BCUT2D eigenvalue weighted by molar-refractivity contribution is 4.86. The molecule has 1 fully saturated rings. The second-order valence-electron chi connectivity index (χ2n) is 2.78. The molecule has 4 atom stereocenters. The second kappa shape index (κ2) is 3.46. The van der Waals surface area contributed by atoms with Crippen molar-refractivity contribution in [2.75, 3.05) is 13.2 Å². The van der Waals surface area contributed by atoms with Crippen molar-refractivity contribution < 1.29 is 20.4 Å². The Kier molecular flexibility index (Phi) is 2.80. The quantitative estimate of drug-likeness (QED) is 0.289. The minimum absolute atomic E-state index is 0.196. The molecule has 1 heterocycles. The van der Waals surface area contributed by atoms with E-state index in [1.54, 1.807) is 0 Å². The summed E-state index contributed by atoms with van der Waals surface area (Å²) in [4.78, 5) is 0. The average Bonchev–Trinajstić information content (AvgIpc) is 2.01. The molecular formula is C6H13NO4. The van der Waals surface area contributed by atoms with Gasteiger partial charge >= 0.3 is 0 Å².